The van der Waals surface area contributed by atoms with Crippen LogP contribution in [-0.2, 0) is 0 Å². The topological polar surface area (TPSA) is 50.9 Å². The number of allylic oxidation sites excluding steroid dienone is 1. The number of hydrazine groups is 1. The van der Waals surface area contributed by atoms with Gasteiger partial charge in [0, 0.05) is 0 Å². The van der Waals surface area contributed by atoms with E-state index in [1.165, 1.54) is 12.3 Å². The lowest BCUT2D eigenvalue weighted by molar-refractivity contribution is 0.505. The third-order valence-electron chi connectivity index (χ3n) is 1.97. The van der Waals surface area contributed by atoms with Crippen molar-refractivity contribution >= 4 is 0 Å². The molecule has 1 aromatic rings. The number of nitrogens with two attached hydrogens (primary N) is 1. The van der Waals surface area contributed by atoms with E-state index in [0.29, 0.717) is 0 Å². The fourth-order valence-corrected chi connectivity index (χ4v) is 1.19. The zero-order valence-corrected chi connectivity index (χ0v) is 7.91. The van der Waals surface area contributed by atoms with Gasteiger partial charge in [0.05, 0.1) is 17.9 Å². The van der Waals surface area contributed by atoms with Crippen LogP contribution in [0.1, 0.15) is 24.6 Å². The summed E-state index contributed by atoms with van der Waals surface area (Å²) >= 11 is 0. The summed E-state index contributed by atoms with van der Waals surface area (Å²) in [6.07, 6.45) is 4.65. The van der Waals surface area contributed by atoms with Crippen molar-refractivity contribution in [1.82, 2.24) is 10.4 Å². The van der Waals surface area contributed by atoms with Crippen molar-refractivity contribution in [3.63, 3.8) is 0 Å². The number of hydrogen-bond acceptors (Lipinski definition) is 3. The zero-order chi connectivity index (χ0) is 10.4. The van der Waals surface area contributed by atoms with E-state index in [1.54, 1.807) is 6.07 Å². The zero-order valence-electron chi connectivity index (χ0n) is 7.91. The van der Waals surface area contributed by atoms with Crippen LogP contribution in [0.5, 0.6) is 0 Å². The Morgan fingerprint density at radius 2 is 2.43 bits per heavy atom. The lowest BCUT2D eigenvalue weighted by Crippen LogP contribution is -2.28. The Morgan fingerprint density at radius 3 is 2.93 bits per heavy atom. The van der Waals surface area contributed by atoms with E-state index in [1.807, 2.05) is 6.08 Å². The second-order valence-corrected chi connectivity index (χ2v) is 2.99. The highest BCUT2D eigenvalue weighted by molar-refractivity contribution is 5.09. The SMILES string of the molecule is C=CCCC(NN)c1ccc(F)cn1. The highest BCUT2D eigenvalue weighted by Crippen LogP contribution is 2.15. The molecule has 1 atom stereocenters. The number of halogens is 1. The van der Waals surface area contributed by atoms with E-state index in [2.05, 4.69) is 17.0 Å². The van der Waals surface area contributed by atoms with E-state index >= 15 is 0 Å². The van der Waals surface area contributed by atoms with Crippen LogP contribution in [0.4, 0.5) is 4.39 Å². The molecule has 0 saturated carbocycles. The number of nitrogens with zero attached hydrogens (tertiary/aromatic N) is 1. The average molecular weight is 195 g/mol. The van der Waals surface area contributed by atoms with Crippen molar-refractivity contribution in [2.24, 2.45) is 5.84 Å². The van der Waals surface area contributed by atoms with Gasteiger partial charge < -0.3 is 0 Å². The molecule has 0 aliphatic carbocycles. The fraction of sp³-hybridized carbons (Fsp3) is 0.300. The predicted molar refractivity (Wildman–Crippen MR) is 53.7 cm³/mol. The quantitative estimate of drug-likeness (QED) is 0.427. The molecule has 0 amide bonds. The van der Waals surface area contributed by atoms with Crippen molar-refractivity contribution in [2.45, 2.75) is 18.9 Å². The van der Waals surface area contributed by atoms with Crippen molar-refractivity contribution in [1.29, 1.82) is 0 Å². The van der Waals surface area contributed by atoms with Crippen LogP contribution in [0.15, 0.2) is 31.0 Å². The Morgan fingerprint density at radius 1 is 1.64 bits per heavy atom. The summed E-state index contributed by atoms with van der Waals surface area (Å²) in [4.78, 5) is 3.95. The Balaban J connectivity index is 2.68. The normalized spacial score (nSPS) is 12.4. The molecule has 0 bridgehead atoms. The molecule has 76 valence electrons. The standard InChI is InChI=1S/C10H14FN3/c1-2-3-4-10(14-12)9-6-5-8(11)7-13-9/h2,5-7,10,14H,1,3-4,12H2. The largest absolute Gasteiger partial charge is 0.271 e. The van der Waals surface area contributed by atoms with Gasteiger partial charge in [-0.3, -0.25) is 16.3 Å². The molecular weight excluding hydrogens is 181 g/mol. The van der Waals surface area contributed by atoms with Crippen LogP contribution in [0.3, 0.4) is 0 Å². The van der Waals surface area contributed by atoms with Gasteiger partial charge in [0.2, 0.25) is 0 Å². The molecule has 3 N–H and O–H groups in total. The van der Waals surface area contributed by atoms with Crippen LogP contribution >= 0.6 is 0 Å². The Bertz CT molecular complexity index is 284. The Labute approximate surface area is 82.8 Å². The second kappa shape index (κ2) is 5.47. The first-order valence-corrected chi connectivity index (χ1v) is 4.46. The number of nitrogens with one attached hydrogen (secondary N) is 1. The second-order valence-electron chi connectivity index (χ2n) is 2.99. The van der Waals surface area contributed by atoms with Gasteiger partial charge in [-0.2, -0.15) is 0 Å². The van der Waals surface area contributed by atoms with Gasteiger partial charge in [-0.1, -0.05) is 6.08 Å². The van der Waals surface area contributed by atoms with Gasteiger partial charge in [0.15, 0.2) is 0 Å². The summed E-state index contributed by atoms with van der Waals surface area (Å²) < 4.78 is 12.6. The van der Waals surface area contributed by atoms with E-state index in [0.717, 1.165) is 18.5 Å². The molecule has 4 heteroatoms. The van der Waals surface area contributed by atoms with Crippen LogP contribution in [-0.4, -0.2) is 4.98 Å². The molecule has 0 aromatic carbocycles. The van der Waals surface area contributed by atoms with Gasteiger partial charge >= 0.3 is 0 Å². The van der Waals surface area contributed by atoms with Crippen LogP contribution in [0.25, 0.3) is 0 Å². The number of hydrogen-bond donors (Lipinski definition) is 2. The number of rotatable bonds is 5. The average Bonchev–Trinajstić information content (AvgIpc) is 2.21. The molecule has 0 fully saturated rings. The molecule has 1 heterocycles. The molecular formula is C10H14FN3. The van der Waals surface area contributed by atoms with Gasteiger partial charge in [-0.15, -0.1) is 6.58 Å². The minimum atomic E-state index is -0.340. The molecule has 0 aliphatic rings. The summed E-state index contributed by atoms with van der Waals surface area (Å²) in [5.74, 6) is 5.03. The monoisotopic (exact) mass is 195 g/mol. The molecule has 1 rings (SSSR count). The minimum Gasteiger partial charge on any atom is -0.271 e. The number of aromatic nitrogens is 1. The predicted octanol–water partition coefficient (Wildman–Crippen LogP) is 1.69. The van der Waals surface area contributed by atoms with Crippen LogP contribution in [0, 0.1) is 5.82 Å². The van der Waals surface area contributed by atoms with E-state index in [4.69, 9.17) is 5.84 Å². The molecule has 14 heavy (non-hydrogen) atoms. The Hall–Kier alpha value is -1.26. The molecule has 1 aromatic heterocycles. The highest BCUT2D eigenvalue weighted by atomic mass is 19.1. The molecule has 0 radical (unpaired) electrons. The maximum atomic E-state index is 12.6. The molecule has 3 nitrogen and oxygen atoms in total. The van der Waals surface area contributed by atoms with Crippen molar-refractivity contribution in [3.05, 3.63) is 42.5 Å². The molecule has 1 unspecified atom stereocenters. The van der Waals surface area contributed by atoms with Gasteiger partial charge in [-0.05, 0) is 25.0 Å². The maximum absolute atomic E-state index is 12.6. The molecule has 0 saturated heterocycles. The lowest BCUT2D eigenvalue weighted by Gasteiger charge is -2.13. The smallest absolute Gasteiger partial charge is 0.141 e. The van der Waals surface area contributed by atoms with Gasteiger partial charge in [0.1, 0.15) is 5.82 Å². The molecule has 0 spiro atoms. The van der Waals surface area contributed by atoms with E-state index in [9.17, 15) is 4.39 Å². The van der Waals surface area contributed by atoms with Crippen LogP contribution < -0.4 is 11.3 Å². The van der Waals surface area contributed by atoms with Gasteiger partial charge in [0.25, 0.3) is 0 Å². The van der Waals surface area contributed by atoms with Crippen LogP contribution in [0.2, 0.25) is 0 Å². The third kappa shape index (κ3) is 2.90. The lowest BCUT2D eigenvalue weighted by atomic mass is 10.1. The molecule has 0 aliphatic heterocycles. The van der Waals surface area contributed by atoms with Crippen molar-refractivity contribution in [3.8, 4) is 0 Å². The summed E-state index contributed by atoms with van der Waals surface area (Å²) in [6, 6.07) is 2.96. The first-order valence-electron chi connectivity index (χ1n) is 4.46. The fourth-order valence-electron chi connectivity index (χ4n) is 1.19. The first kappa shape index (κ1) is 10.8. The third-order valence-corrected chi connectivity index (χ3v) is 1.97. The first-order chi connectivity index (χ1) is 6.77. The summed E-state index contributed by atoms with van der Waals surface area (Å²) in [5.41, 5.74) is 3.39. The van der Waals surface area contributed by atoms with E-state index in [-0.39, 0.29) is 11.9 Å². The van der Waals surface area contributed by atoms with Crippen molar-refractivity contribution in [2.75, 3.05) is 0 Å². The van der Waals surface area contributed by atoms with Gasteiger partial charge in [-0.25, -0.2) is 4.39 Å². The summed E-state index contributed by atoms with van der Waals surface area (Å²) in [7, 11) is 0. The van der Waals surface area contributed by atoms with Crippen molar-refractivity contribution < 1.29 is 4.39 Å². The summed E-state index contributed by atoms with van der Waals surface area (Å²) in [6.45, 7) is 3.63. The number of pyridine rings is 1. The Kier molecular flexibility index (Phi) is 4.22. The maximum Gasteiger partial charge on any atom is 0.141 e. The summed E-state index contributed by atoms with van der Waals surface area (Å²) in [5, 5.41) is 0. The highest BCUT2D eigenvalue weighted by Gasteiger charge is 2.09. The van der Waals surface area contributed by atoms with E-state index < -0.39 is 0 Å². The minimum absolute atomic E-state index is 0.0476.